The maximum Gasteiger partial charge on any atom is 0.381 e. The lowest BCUT2D eigenvalue weighted by Gasteiger charge is -2.32. The van der Waals surface area contributed by atoms with Gasteiger partial charge in [-0.1, -0.05) is 19.8 Å². The van der Waals surface area contributed by atoms with E-state index in [4.69, 9.17) is 0 Å². The van der Waals surface area contributed by atoms with Crippen LogP contribution in [0.4, 0.5) is 4.53 Å². The highest BCUT2D eigenvalue weighted by molar-refractivity contribution is 7.99. The summed E-state index contributed by atoms with van der Waals surface area (Å²) < 4.78 is 11.8. The van der Waals surface area contributed by atoms with Crippen molar-refractivity contribution >= 4 is 17.7 Å². The minimum atomic E-state index is -1.06. The first-order valence-electron chi connectivity index (χ1n) is 7.58. The van der Waals surface area contributed by atoms with E-state index in [9.17, 15) is 9.32 Å². The lowest BCUT2D eigenvalue weighted by Crippen LogP contribution is -2.22. The summed E-state index contributed by atoms with van der Waals surface area (Å²) >= 11 is 1.89. The first-order valence-corrected chi connectivity index (χ1v) is 8.56. The third-order valence-corrected chi connectivity index (χ3v) is 5.17. The summed E-state index contributed by atoms with van der Waals surface area (Å²) in [4.78, 5) is 19.5. The van der Waals surface area contributed by atoms with Crippen LogP contribution in [-0.2, 0) is 10.4 Å². The second-order valence-electron chi connectivity index (χ2n) is 6.24. The van der Waals surface area contributed by atoms with Crippen molar-refractivity contribution in [2.75, 3.05) is 5.75 Å². The number of thioether (sulfide) groups is 1. The number of carbonyl (C=O) groups excluding carboxylic acids is 1. The molecule has 0 N–H and O–H groups in total. The summed E-state index contributed by atoms with van der Waals surface area (Å²) in [5.74, 6) is 6.15. The Bertz CT molecular complexity index is 835. The average Bonchev–Trinajstić information content (AvgIpc) is 2.60. The Kier molecular flexibility index (Phi) is 4.59. The number of benzene rings is 1. The molecule has 0 saturated carbocycles. The van der Waals surface area contributed by atoms with E-state index in [1.54, 1.807) is 6.07 Å². The molecular formula is C19H16FNO2S. The molecule has 5 heteroatoms. The van der Waals surface area contributed by atoms with Crippen LogP contribution in [0.1, 0.15) is 47.4 Å². The van der Waals surface area contributed by atoms with Crippen molar-refractivity contribution in [1.82, 2.24) is 4.98 Å². The molecule has 122 valence electrons. The SMILES string of the molecule is CC1(C)CCSc2ccc(C#Cc3ccc(C(=O)OF)cn3)cc21. The Morgan fingerprint density at radius 3 is 2.83 bits per heavy atom. The number of rotatable bonds is 1. The van der Waals surface area contributed by atoms with Gasteiger partial charge in [-0.25, -0.2) is 14.7 Å². The Labute approximate surface area is 144 Å². The Morgan fingerprint density at radius 2 is 2.12 bits per heavy atom. The standard InChI is InChI=1S/C19H16FNO2S/c1-19(2)9-10-24-17-8-4-13(11-16(17)19)3-6-15-7-5-14(12-21-15)18(22)23-20/h4-5,7-8,11-12H,9-10H2,1-2H3. The molecule has 24 heavy (non-hydrogen) atoms. The van der Waals surface area contributed by atoms with Gasteiger partial charge in [-0.15, -0.1) is 11.8 Å². The van der Waals surface area contributed by atoms with Crippen molar-refractivity contribution in [2.24, 2.45) is 0 Å². The van der Waals surface area contributed by atoms with Gasteiger partial charge in [0.2, 0.25) is 0 Å². The van der Waals surface area contributed by atoms with Crippen LogP contribution in [-0.4, -0.2) is 16.7 Å². The predicted octanol–water partition coefficient (Wildman–Crippen LogP) is 4.30. The van der Waals surface area contributed by atoms with E-state index in [2.05, 4.69) is 47.7 Å². The summed E-state index contributed by atoms with van der Waals surface area (Å²) in [6.07, 6.45) is 2.40. The molecule has 2 aromatic rings. The fourth-order valence-electron chi connectivity index (χ4n) is 2.58. The molecule has 2 heterocycles. The lowest BCUT2D eigenvalue weighted by molar-refractivity contribution is -0.0788. The summed E-state index contributed by atoms with van der Waals surface area (Å²) in [6, 6.07) is 9.28. The van der Waals surface area contributed by atoms with Crippen LogP contribution in [0.2, 0.25) is 0 Å². The van der Waals surface area contributed by atoms with Crippen LogP contribution in [0.25, 0.3) is 0 Å². The zero-order valence-electron chi connectivity index (χ0n) is 13.4. The van der Waals surface area contributed by atoms with Gasteiger partial charge in [0.05, 0.1) is 5.56 Å². The van der Waals surface area contributed by atoms with E-state index in [1.165, 1.54) is 22.7 Å². The first-order chi connectivity index (χ1) is 11.5. The van der Waals surface area contributed by atoms with Gasteiger partial charge in [-0.05, 0) is 59.4 Å². The molecule has 1 aromatic carbocycles. The highest BCUT2D eigenvalue weighted by Gasteiger charge is 2.27. The van der Waals surface area contributed by atoms with E-state index in [-0.39, 0.29) is 11.0 Å². The molecule has 1 aromatic heterocycles. The quantitative estimate of drug-likeness (QED) is 0.725. The maximum absolute atomic E-state index is 11.8. The Morgan fingerprint density at radius 1 is 1.29 bits per heavy atom. The van der Waals surface area contributed by atoms with E-state index in [0.29, 0.717) is 5.69 Å². The van der Waals surface area contributed by atoms with Gasteiger partial charge >= 0.3 is 5.97 Å². The van der Waals surface area contributed by atoms with Gasteiger partial charge in [0, 0.05) is 21.2 Å². The van der Waals surface area contributed by atoms with E-state index in [0.717, 1.165) is 17.7 Å². The molecule has 0 atom stereocenters. The van der Waals surface area contributed by atoms with Crippen LogP contribution in [0.15, 0.2) is 41.4 Å². The normalized spacial score (nSPS) is 15.0. The van der Waals surface area contributed by atoms with Crippen molar-refractivity contribution in [3.8, 4) is 11.8 Å². The zero-order valence-corrected chi connectivity index (χ0v) is 14.2. The third-order valence-electron chi connectivity index (χ3n) is 4.10. The number of nitrogens with zero attached hydrogens (tertiary/aromatic N) is 1. The molecule has 3 nitrogen and oxygen atoms in total. The fraction of sp³-hybridized carbons (Fsp3) is 0.263. The van der Waals surface area contributed by atoms with E-state index in [1.807, 2.05) is 17.8 Å². The van der Waals surface area contributed by atoms with Crippen molar-refractivity contribution in [3.63, 3.8) is 0 Å². The minimum Gasteiger partial charge on any atom is -0.249 e. The predicted molar refractivity (Wildman–Crippen MR) is 91.5 cm³/mol. The number of pyridine rings is 1. The lowest BCUT2D eigenvalue weighted by atomic mass is 9.81. The number of hydrogen-bond acceptors (Lipinski definition) is 4. The van der Waals surface area contributed by atoms with Crippen LogP contribution >= 0.6 is 11.8 Å². The molecule has 0 aliphatic carbocycles. The number of fused-ring (bicyclic) bond motifs is 1. The molecule has 0 spiro atoms. The summed E-state index contributed by atoms with van der Waals surface area (Å²) in [5, 5.41) is 0. The van der Waals surface area contributed by atoms with Gasteiger partial charge in [0.15, 0.2) is 0 Å². The molecule has 3 rings (SSSR count). The van der Waals surface area contributed by atoms with Gasteiger partial charge in [0.1, 0.15) is 5.69 Å². The first kappa shape index (κ1) is 16.5. The topological polar surface area (TPSA) is 39.2 Å². The second-order valence-corrected chi connectivity index (χ2v) is 7.38. The van der Waals surface area contributed by atoms with Gasteiger partial charge < -0.3 is 0 Å². The van der Waals surface area contributed by atoms with Crippen molar-refractivity contribution < 1.29 is 14.3 Å². The molecule has 0 unspecified atom stereocenters. The van der Waals surface area contributed by atoms with E-state index < -0.39 is 5.97 Å². The smallest absolute Gasteiger partial charge is 0.249 e. The number of halogens is 1. The van der Waals surface area contributed by atoms with Crippen molar-refractivity contribution in [1.29, 1.82) is 0 Å². The molecule has 0 amide bonds. The van der Waals surface area contributed by atoms with Crippen LogP contribution in [0.3, 0.4) is 0 Å². The zero-order chi connectivity index (χ0) is 17.2. The Hall–Kier alpha value is -2.32. The molecular weight excluding hydrogens is 325 g/mol. The van der Waals surface area contributed by atoms with Crippen LogP contribution in [0, 0.1) is 11.8 Å². The fourth-order valence-corrected chi connectivity index (χ4v) is 4.07. The van der Waals surface area contributed by atoms with Crippen LogP contribution < -0.4 is 0 Å². The number of carbonyl (C=O) groups is 1. The largest absolute Gasteiger partial charge is 0.381 e. The molecule has 0 radical (unpaired) electrons. The molecule has 0 fully saturated rings. The Balaban J connectivity index is 1.85. The molecule has 1 aliphatic rings. The molecule has 0 bridgehead atoms. The van der Waals surface area contributed by atoms with Gasteiger partial charge in [-0.2, -0.15) is 0 Å². The van der Waals surface area contributed by atoms with Gasteiger partial charge in [0.25, 0.3) is 0 Å². The summed E-state index contributed by atoms with van der Waals surface area (Å²) in [6.45, 7) is 4.51. The average molecular weight is 341 g/mol. The summed E-state index contributed by atoms with van der Waals surface area (Å²) in [7, 11) is 0. The maximum atomic E-state index is 11.8. The van der Waals surface area contributed by atoms with Crippen molar-refractivity contribution in [3.05, 3.63) is 58.9 Å². The van der Waals surface area contributed by atoms with Gasteiger partial charge in [-0.3, -0.25) is 0 Å². The number of aromatic nitrogens is 1. The minimum absolute atomic E-state index is 0.0515. The summed E-state index contributed by atoms with van der Waals surface area (Å²) in [5.41, 5.74) is 2.98. The van der Waals surface area contributed by atoms with E-state index >= 15 is 0 Å². The van der Waals surface area contributed by atoms with Crippen LogP contribution in [0.5, 0.6) is 0 Å². The molecule has 1 aliphatic heterocycles. The highest BCUT2D eigenvalue weighted by atomic mass is 32.2. The third kappa shape index (κ3) is 3.44. The number of hydrogen-bond donors (Lipinski definition) is 0. The van der Waals surface area contributed by atoms with Crippen molar-refractivity contribution in [2.45, 2.75) is 30.6 Å². The molecule has 0 saturated heterocycles. The second kappa shape index (κ2) is 6.66. The highest BCUT2D eigenvalue weighted by Crippen LogP contribution is 2.41. The monoisotopic (exact) mass is 341 g/mol.